The van der Waals surface area contributed by atoms with Gasteiger partial charge < -0.3 is 19.9 Å². The average molecular weight is 231 g/mol. The van der Waals surface area contributed by atoms with E-state index >= 15 is 0 Å². The number of piperazine rings is 1. The van der Waals surface area contributed by atoms with E-state index in [9.17, 15) is 0 Å². The first-order valence-electron chi connectivity index (χ1n) is 6.44. The van der Waals surface area contributed by atoms with Gasteiger partial charge in [0.1, 0.15) is 0 Å². The standard InChI is InChI=1S/C5H12N2.C5H11NO.C2H6/c1-7-4-2-6-3-5-7;1-6-2-4-7-5-3-6;1-2/h6H,2-5H2,1H3;2-5H2,1H3;1-2H3. The van der Waals surface area contributed by atoms with Crippen LogP contribution in [0.4, 0.5) is 0 Å². The van der Waals surface area contributed by atoms with Gasteiger partial charge in [-0.1, -0.05) is 13.8 Å². The van der Waals surface area contributed by atoms with Gasteiger partial charge in [0.25, 0.3) is 0 Å². The third-order valence-electron chi connectivity index (χ3n) is 2.58. The number of ether oxygens (including phenoxy) is 1. The van der Waals surface area contributed by atoms with Crippen molar-refractivity contribution in [2.75, 3.05) is 66.6 Å². The molecule has 2 heterocycles. The highest BCUT2D eigenvalue weighted by atomic mass is 16.5. The Balaban J connectivity index is 0.000000244. The maximum atomic E-state index is 5.10. The molecule has 4 heteroatoms. The minimum atomic E-state index is 0.913. The first-order valence-corrected chi connectivity index (χ1v) is 6.44. The lowest BCUT2D eigenvalue weighted by Crippen LogP contribution is -2.40. The minimum Gasteiger partial charge on any atom is -0.379 e. The Bertz CT molecular complexity index is 116. The molecule has 0 atom stereocenters. The largest absolute Gasteiger partial charge is 0.379 e. The molecule has 0 spiro atoms. The van der Waals surface area contributed by atoms with Crippen LogP contribution in [0.2, 0.25) is 0 Å². The second-order valence-electron chi connectivity index (χ2n) is 3.97. The summed E-state index contributed by atoms with van der Waals surface area (Å²) in [6, 6.07) is 0. The van der Waals surface area contributed by atoms with E-state index < -0.39 is 0 Å². The first-order chi connectivity index (χ1) is 7.79. The van der Waals surface area contributed by atoms with Gasteiger partial charge in [-0.3, -0.25) is 0 Å². The summed E-state index contributed by atoms with van der Waals surface area (Å²) < 4.78 is 5.10. The number of hydrogen-bond acceptors (Lipinski definition) is 4. The van der Waals surface area contributed by atoms with Gasteiger partial charge in [-0.05, 0) is 14.1 Å². The third-order valence-corrected chi connectivity index (χ3v) is 2.58. The number of likely N-dealkylation sites (N-methyl/N-ethyl adjacent to an activating group) is 2. The van der Waals surface area contributed by atoms with E-state index in [1.807, 2.05) is 13.8 Å². The monoisotopic (exact) mass is 231 g/mol. The zero-order valence-electron chi connectivity index (χ0n) is 11.5. The van der Waals surface area contributed by atoms with E-state index in [2.05, 4.69) is 29.2 Å². The zero-order chi connectivity index (χ0) is 12.2. The van der Waals surface area contributed by atoms with Crippen molar-refractivity contribution in [3.05, 3.63) is 0 Å². The van der Waals surface area contributed by atoms with E-state index in [1.165, 1.54) is 13.1 Å². The van der Waals surface area contributed by atoms with E-state index in [0.29, 0.717) is 0 Å². The average Bonchev–Trinajstić information content (AvgIpc) is 2.34. The van der Waals surface area contributed by atoms with Gasteiger partial charge >= 0.3 is 0 Å². The van der Waals surface area contributed by atoms with Crippen molar-refractivity contribution in [2.45, 2.75) is 13.8 Å². The summed E-state index contributed by atoms with van der Waals surface area (Å²) in [5.74, 6) is 0. The van der Waals surface area contributed by atoms with Crippen molar-refractivity contribution in [3.8, 4) is 0 Å². The van der Waals surface area contributed by atoms with E-state index in [0.717, 1.165) is 39.4 Å². The molecule has 4 nitrogen and oxygen atoms in total. The highest BCUT2D eigenvalue weighted by Gasteiger charge is 2.02. The molecule has 98 valence electrons. The topological polar surface area (TPSA) is 27.7 Å². The Morgan fingerprint density at radius 2 is 1.25 bits per heavy atom. The summed E-state index contributed by atoms with van der Waals surface area (Å²) in [7, 11) is 4.27. The normalized spacial score (nSPS) is 22.5. The lowest BCUT2D eigenvalue weighted by Gasteiger charge is -2.21. The van der Waals surface area contributed by atoms with Crippen LogP contribution in [0.25, 0.3) is 0 Å². The molecular weight excluding hydrogens is 202 g/mol. The van der Waals surface area contributed by atoms with Crippen LogP contribution >= 0.6 is 0 Å². The fourth-order valence-corrected chi connectivity index (χ4v) is 1.43. The van der Waals surface area contributed by atoms with Gasteiger partial charge in [-0.15, -0.1) is 0 Å². The molecule has 16 heavy (non-hydrogen) atoms. The highest BCUT2D eigenvalue weighted by molar-refractivity contribution is 4.62. The second kappa shape index (κ2) is 11.3. The van der Waals surface area contributed by atoms with Crippen LogP contribution in [0, 0.1) is 0 Å². The van der Waals surface area contributed by atoms with Crippen molar-refractivity contribution in [2.24, 2.45) is 0 Å². The number of nitrogens with zero attached hydrogens (tertiary/aromatic N) is 2. The molecule has 0 saturated carbocycles. The second-order valence-corrected chi connectivity index (χ2v) is 3.97. The number of morpholine rings is 1. The van der Waals surface area contributed by atoms with E-state index in [-0.39, 0.29) is 0 Å². The third kappa shape index (κ3) is 9.09. The molecule has 0 bridgehead atoms. The van der Waals surface area contributed by atoms with Gasteiger partial charge in [-0.25, -0.2) is 0 Å². The summed E-state index contributed by atoms with van der Waals surface area (Å²) in [5, 5.41) is 3.27. The zero-order valence-corrected chi connectivity index (χ0v) is 11.5. The van der Waals surface area contributed by atoms with Crippen LogP contribution in [-0.4, -0.2) is 76.4 Å². The van der Waals surface area contributed by atoms with Crippen molar-refractivity contribution >= 4 is 0 Å². The molecule has 0 aliphatic carbocycles. The maximum Gasteiger partial charge on any atom is 0.0594 e. The summed E-state index contributed by atoms with van der Waals surface area (Å²) in [6.07, 6.45) is 0. The van der Waals surface area contributed by atoms with Crippen LogP contribution < -0.4 is 5.32 Å². The van der Waals surface area contributed by atoms with Gasteiger partial charge in [0.05, 0.1) is 13.2 Å². The molecule has 2 saturated heterocycles. The molecule has 0 unspecified atom stereocenters. The Morgan fingerprint density at radius 3 is 1.50 bits per heavy atom. The fraction of sp³-hybridized carbons (Fsp3) is 1.00. The van der Waals surface area contributed by atoms with Gasteiger partial charge in [-0.2, -0.15) is 0 Å². The predicted octanol–water partition coefficient (Wildman–Crippen LogP) is 0.496. The SMILES string of the molecule is CC.CN1CCNCC1.CN1CCOCC1. The smallest absolute Gasteiger partial charge is 0.0594 e. The molecular formula is C12H29N3O. The summed E-state index contributed by atoms with van der Waals surface area (Å²) >= 11 is 0. The minimum absolute atomic E-state index is 0.913. The van der Waals surface area contributed by atoms with Crippen LogP contribution in [0.1, 0.15) is 13.8 Å². The molecule has 0 amide bonds. The molecule has 2 aliphatic rings. The lowest BCUT2D eigenvalue weighted by molar-refractivity contribution is 0.0503. The van der Waals surface area contributed by atoms with Crippen molar-refractivity contribution < 1.29 is 4.74 Å². The molecule has 2 fully saturated rings. The van der Waals surface area contributed by atoms with E-state index in [1.54, 1.807) is 0 Å². The Labute approximate surface area is 101 Å². The van der Waals surface area contributed by atoms with Crippen molar-refractivity contribution in [1.29, 1.82) is 0 Å². The number of nitrogens with one attached hydrogen (secondary N) is 1. The highest BCUT2D eigenvalue weighted by Crippen LogP contribution is 1.89. The molecule has 0 aromatic rings. The lowest BCUT2D eigenvalue weighted by atomic mass is 10.4. The summed E-state index contributed by atoms with van der Waals surface area (Å²) in [6.45, 7) is 12.8. The summed E-state index contributed by atoms with van der Waals surface area (Å²) in [4.78, 5) is 4.60. The maximum absolute atomic E-state index is 5.10. The Kier molecular flexibility index (Phi) is 11.2. The number of rotatable bonds is 0. The van der Waals surface area contributed by atoms with Gasteiger partial charge in [0.15, 0.2) is 0 Å². The van der Waals surface area contributed by atoms with Gasteiger partial charge in [0.2, 0.25) is 0 Å². The molecule has 0 radical (unpaired) electrons. The molecule has 2 rings (SSSR count). The predicted molar refractivity (Wildman–Crippen MR) is 70.0 cm³/mol. The molecule has 2 aliphatic heterocycles. The molecule has 1 N–H and O–H groups in total. The van der Waals surface area contributed by atoms with Gasteiger partial charge in [0, 0.05) is 39.3 Å². The molecule has 0 aromatic carbocycles. The van der Waals surface area contributed by atoms with Crippen LogP contribution in [-0.2, 0) is 4.74 Å². The Morgan fingerprint density at radius 1 is 0.812 bits per heavy atom. The first kappa shape index (κ1) is 15.8. The van der Waals surface area contributed by atoms with E-state index in [4.69, 9.17) is 4.74 Å². The molecule has 0 aromatic heterocycles. The Hall–Kier alpha value is -0.160. The van der Waals surface area contributed by atoms with Crippen molar-refractivity contribution in [1.82, 2.24) is 15.1 Å². The van der Waals surface area contributed by atoms with Crippen LogP contribution in [0.15, 0.2) is 0 Å². The van der Waals surface area contributed by atoms with Crippen LogP contribution in [0.5, 0.6) is 0 Å². The van der Waals surface area contributed by atoms with Crippen LogP contribution in [0.3, 0.4) is 0 Å². The summed E-state index contributed by atoms with van der Waals surface area (Å²) in [5.41, 5.74) is 0. The quantitative estimate of drug-likeness (QED) is 0.657. The fourth-order valence-electron chi connectivity index (χ4n) is 1.43. The number of hydrogen-bond donors (Lipinski definition) is 1. The van der Waals surface area contributed by atoms with Crippen molar-refractivity contribution in [3.63, 3.8) is 0 Å².